The largest absolute Gasteiger partial charge is 0.299 e. The second-order valence-corrected chi connectivity index (χ2v) is 4.09. The molecule has 0 saturated carbocycles. The minimum atomic E-state index is 1.11. The number of benzene rings is 2. The number of nitrogens with one attached hydrogen (secondary N) is 1. The summed E-state index contributed by atoms with van der Waals surface area (Å²) in [7, 11) is 0. The average Bonchev–Trinajstić information content (AvgIpc) is 2.46. The molecule has 0 amide bonds. The van der Waals surface area contributed by atoms with Crippen molar-refractivity contribution in [3.63, 3.8) is 0 Å². The molecule has 0 heterocycles. The van der Waals surface area contributed by atoms with E-state index in [1.165, 1.54) is 0 Å². The number of hydrogen-bond acceptors (Lipinski definition) is 2. The highest BCUT2D eigenvalue weighted by atomic mass is 15.5. The standard InChI is InChI=1S/C16H18N2/c1-3-14(2)17-18(15-10-6-4-7-11-15)16-12-8-5-9-13-16/h3-13,17H,1-2H3/b14-3+. The van der Waals surface area contributed by atoms with Crippen molar-refractivity contribution in [2.24, 2.45) is 0 Å². The van der Waals surface area contributed by atoms with Crippen LogP contribution in [0.5, 0.6) is 0 Å². The lowest BCUT2D eigenvalue weighted by molar-refractivity contribution is 0.825. The Morgan fingerprint density at radius 3 is 1.72 bits per heavy atom. The fourth-order valence-corrected chi connectivity index (χ4v) is 1.67. The van der Waals surface area contributed by atoms with Crippen molar-refractivity contribution in [3.05, 3.63) is 72.4 Å². The first-order valence-electron chi connectivity index (χ1n) is 6.11. The number of allylic oxidation sites excluding steroid dienone is 2. The van der Waals surface area contributed by atoms with E-state index in [4.69, 9.17) is 0 Å². The van der Waals surface area contributed by atoms with E-state index in [0.29, 0.717) is 0 Å². The molecule has 18 heavy (non-hydrogen) atoms. The molecule has 0 fully saturated rings. The SMILES string of the molecule is C/C=C(\C)NN(c1ccccc1)c1ccccc1. The Hall–Kier alpha value is -2.22. The third-order valence-corrected chi connectivity index (χ3v) is 2.75. The summed E-state index contributed by atoms with van der Waals surface area (Å²) in [5.74, 6) is 0. The van der Waals surface area contributed by atoms with Gasteiger partial charge in [-0.05, 0) is 38.1 Å². The molecule has 92 valence electrons. The Kier molecular flexibility index (Phi) is 4.02. The van der Waals surface area contributed by atoms with Crippen LogP contribution in [0.4, 0.5) is 11.4 Å². The summed E-state index contributed by atoms with van der Waals surface area (Å²) >= 11 is 0. The maximum atomic E-state index is 3.39. The summed E-state index contributed by atoms with van der Waals surface area (Å²) in [6, 6.07) is 20.5. The number of rotatable bonds is 4. The molecule has 2 heteroatoms. The van der Waals surface area contributed by atoms with Crippen molar-refractivity contribution in [1.82, 2.24) is 5.43 Å². The first-order valence-corrected chi connectivity index (χ1v) is 6.11. The molecule has 0 atom stereocenters. The van der Waals surface area contributed by atoms with E-state index >= 15 is 0 Å². The molecule has 2 aromatic carbocycles. The van der Waals surface area contributed by atoms with Crippen LogP contribution < -0.4 is 10.4 Å². The molecular weight excluding hydrogens is 220 g/mol. The Bertz CT molecular complexity index is 464. The average molecular weight is 238 g/mol. The maximum Gasteiger partial charge on any atom is 0.0630 e. The van der Waals surface area contributed by atoms with Crippen LogP contribution >= 0.6 is 0 Å². The normalized spacial score (nSPS) is 11.1. The highest BCUT2D eigenvalue weighted by Crippen LogP contribution is 2.23. The summed E-state index contributed by atoms with van der Waals surface area (Å²) in [6.45, 7) is 4.08. The van der Waals surface area contributed by atoms with E-state index in [0.717, 1.165) is 17.1 Å². The van der Waals surface area contributed by atoms with E-state index < -0.39 is 0 Å². The number of hydrogen-bond donors (Lipinski definition) is 1. The zero-order valence-corrected chi connectivity index (χ0v) is 10.8. The number of anilines is 2. The van der Waals surface area contributed by atoms with Gasteiger partial charge in [-0.25, -0.2) is 0 Å². The van der Waals surface area contributed by atoms with Crippen LogP contribution in [0.1, 0.15) is 13.8 Å². The smallest absolute Gasteiger partial charge is 0.0630 e. The fourth-order valence-electron chi connectivity index (χ4n) is 1.67. The van der Waals surface area contributed by atoms with Gasteiger partial charge < -0.3 is 0 Å². The lowest BCUT2D eigenvalue weighted by Gasteiger charge is -2.26. The molecule has 0 radical (unpaired) electrons. The van der Waals surface area contributed by atoms with Crippen molar-refractivity contribution < 1.29 is 0 Å². The molecule has 2 rings (SSSR count). The van der Waals surface area contributed by atoms with Gasteiger partial charge >= 0.3 is 0 Å². The Morgan fingerprint density at radius 1 is 0.889 bits per heavy atom. The fraction of sp³-hybridized carbons (Fsp3) is 0.125. The first-order chi connectivity index (χ1) is 8.81. The van der Waals surface area contributed by atoms with Gasteiger partial charge in [-0.3, -0.25) is 10.4 Å². The van der Waals surface area contributed by atoms with E-state index in [9.17, 15) is 0 Å². The van der Waals surface area contributed by atoms with Crippen LogP contribution in [-0.2, 0) is 0 Å². The molecule has 2 nitrogen and oxygen atoms in total. The molecule has 0 aliphatic carbocycles. The van der Waals surface area contributed by atoms with Gasteiger partial charge in [0.25, 0.3) is 0 Å². The van der Waals surface area contributed by atoms with E-state index in [1.54, 1.807) is 0 Å². The third-order valence-electron chi connectivity index (χ3n) is 2.75. The van der Waals surface area contributed by atoms with Gasteiger partial charge in [-0.15, -0.1) is 0 Å². The van der Waals surface area contributed by atoms with Crippen LogP contribution in [-0.4, -0.2) is 0 Å². The molecular formula is C16H18N2. The Labute approximate surface area is 109 Å². The monoisotopic (exact) mass is 238 g/mol. The molecule has 0 unspecified atom stereocenters. The summed E-state index contributed by atoms with van der Waals surface area (Å²) in [5.41, 5.74) is 6.74. The second-order valence-electron chi connectivity index (χ2n) is 4.09. The first kappa shape index (κ1) is 12.2. The van der Waals surface area contributed by atoms with Crippen molar-refractivity contribution in [1.29, 1.82) is 0 Å². The van der Waals surface area contributed by atoms with Gasteiger partial charge in [-0.1, -0.05) is 42.5 Å². The molecule has 0 aromatic heterocycles. The lowest BCUT2D eigenvalue weighted by atomic mass is 10.2. The Morgan fingerprint density at radius 2 is 1.33 bits per heavy atom. The van der Waals surface area contributed by atoms with Crippen molar-refractivity contribution in [3.8, 4) is 0 Å². The minimum Gasteiger partial charge on any atom is -0.299 e. The van der Waals surface area contributed by atoms with Crippen molar-refractivity contribution >= 4 is 11.4 Å². The minimum absolute atomic E-state index is 1.11. The van der Waals surface area contributed by atoms with Gasteiger partial charge in [0.15, 0.2) is 0 Å². The van der Waals surface area contributed by atoms with E-state index in [2.05, 4.69) is 47.7 Å². The Balaban J connectivity index is 2.35. The third kappa shape index (κ3) is 2.92. The highest BCUT2D eigenvalue weighted by molar-refractivity contribution is 5.62. The second kappa shape index (κ2) is 5.92. The van der Waals surface area contributed by atoms with Gasteiger partial charge in [0.05, 0.1) is 11.4 Å². The molecule has 1 N–H and O–H groups in total. The van der Waals surface area contributed by atoms with Crippen LogP contribution in [0.3, 0.4) is 0 Å². The summed E-state index contributed by atoms with van der Waals surface area (Å²) in [5, 5.41) is 2.08. The molecule has 2 aromatic rings. The quantitative estimate of drug-likeness (QED) is 0.801. The van der Waals surface area contributed by atoms with Crippen LogP contribution in [0.15, 0.2) is 72.4 Å². The number of para-hydroxylation sites is 2. The molecule has 0 saturated heterocycles. The van der Waals surface area contributed by atoms with E-state index in [1.807, 2.05) is 43.3 Å². The zero-order chi connectivity index (χ0) is 12.8. The van der Waals surface area contributed by atoms with Crippen molar-refractivity contribution in [2.45, 2.75) is 13.8 Å². The molecule has 0 aliphatic heterocycles. The predicted molar refractivity (Wildman–Crippen MR) is 77.6 cm³/mol. The van der Waals surface area contributed by atoms with E-state index in [-0.39, 0.29) is 0 Å². The summed E-state index contributed by atoms with van der Waals surface area (Å²) < 4.78 is 0. The van der Waals surface area contributed by atoms with Gasteiger partial charge in [0.1, 0.15) is 0 Å². The molecule has 0 bridgehead atoms. The zero-order valence-electron chi connectivity index (χ0n) is 10.8. The van der Waals surface area contributed by atoms with Crippen LogP contribution in [0, 0.1) is 0 Å². The van der Waals surface area contributed by atoms with Gasteiger partial charge in [-0.2, -0.15) is 0 Å². The summed E-state index contributed by atoms with van der Waals surface area (Å²) in [4.78, 5) is 0. The highest BCUT2D eigenvalue weighted by Gasteiger charge is 2.07. The lowest BCUT2D eigenvalue weighted by Crippen LogP contribution is -2.32. The van der Waals surface area contributed by atoms with Gasteiger partial charge in [0.2, 0.25) is 0 Å². The van der Waals surface area contributed by atoms with Gasteiger partial charge in [0, 0.05) is 5.70 Å². The summed E-state index contributed by atoms with van der Waals surface area (Å²) in [6.07, 6.45) is 2.05. The topological polar surface area (TPSA) is 15.3 Å². The number of nitrogens with zero attached hydrogens (tertiary/aromatic N) is 1. The van der Waals surface area contributed by atoms with Crippen LogP contribution in [0.2, 0.25) is 0 Å². The number of hydrazine groups is 1. The van der Waals surface area contributed by atoms with Crippen LogP contribution in [0.25, 0.3) is 0 Å². The maximum absolute atomic E-state index is 3.39. The predicted octanol–water partition coefficient (Wildman–Crippen LogP) is 4.25. The molecule has 0 aliphatic rings. The van der Waals surface area contributed by atoms with Crippen molar-refractivity contribution in [2.75, 3.05) is 5.01 Å². The molecule has 0 spiro atoms.